The third-order valence-electron chi connectivity index (χ3n) is 6.60. The molecule has 3 aliphatic rings. The van der Waals surface area contributed by atoms with Crippen molar-refractivity contribution in [1.29, 1.82) is 0 Å². The van der Waals surface area contributed by atoms with Crippen LogP contribution >= 0.6 is 23.2 Å². The lowest BCUT2D eigenvalue weighted by Crippen LogP contribution is -2.52. The van der Waals surface area contributed by atoms with Gasteiger partial charge in [0, 0.05) is 29.1 Å². The van der Waals surface area contributed by atoms with E-state index in [2.05, 4.69) is 0 Å². The average Bonchev–Trinajstić information content (AvgIpc) is 2.91. The minimum atomic E-state index is -1.05. The summed E-state index contributed by atoms with van der Waals surface area (Å²) in [5, 5.41) is 1.11. The van der Waals surface area contributed by atoms with Crippen LogP contribution in [0.15, 0.2) is 41.4 Å². The van der Waals surface area contributed by atoms with Crippen LogP contribution < -0.4 is 10.5 Å². The van der Waals surface area contributed by atoms with Gasteiger partial charge in [-0.15, -0.1) is 0 Å². The number of nitrogens with zero attached hydrogens (tertiary/aromatic N) is 2. The fourth-order valence-corrected chi connectivity index (χ4v) is 5.66. The Balaban J connectivity index is 1.69. The molecule has 2 aliphatic heterocycles. The largest absolute Gasteiger partial charge is 0.487 e. The number of fused-ring (bicyclic) bond motifs is 2. The summed E-state index contributed by atoms with van der Waals surface area (Å²) in [7, 11) is 1.68. The number of benzene rings is 2. The number of amides is 1. The molecule has 2 heterocycles. The van der Waals surface area contributed by atoms with Crippen LogP contribution in [0.3, 0.4) is 0 Å². The van der Waals surface area contributed by atoms with Gasteiger partial charge in [0.25, 0.3) is 5.91 Å². The Morgan fingerprint density at radius 1 is 1.03 bits per heavy atom. The minimum Gasteiger partial charge on any atom is -0.487 e. The first-order valence-electron chi connectivity index (χ1n) is 10.3. The maximum absolute atomic E-state index is 13.5. The fourth-order valence-electron chi connectivity index (χ4n) is 5.14. The molecule has 5 nitrogen and oxygen atoms in total. The standard InChI is InChI=1S/C23H23Cl2N3O2/c1-28-20(29)23(27-21(28)26)13-22(7-3-2-4-8-22)30-19-6-5-14(11-18(19)23)15-9-16(24)12-17(25)10-15/h5-6,9-12H,2-4,7-8,13H2,1H3,(H2,26,27)/t23-/m0/s1. The zero-order chi connectivity index (χ0) is 21.1. The molecular weight excluding hydrogens is 421 g/mol. The number of carbonyl (C=O) groups is 1. The highest BCUT2D eigenvalue weighted by atomic mass is 35.5. The summed E-state index contributed by atoms with van der Waals surface area (Å²) in [6.07, 6.45) is 5.73. The molecule has 2 spiro atoms. The lowest BCUT2D eigenvalue weighted by Gasteiger charge is -2.47. The van der Waals surface area contributed by atoms with E-state index in [0.29, 0.717) is 22.2 Å². The molecule has 2 aromatic carbocycles. The number of hydrogen-bond acceptors (Lipinski definition) is 4. The van der Waals surface area contributed by atoms with E-state index in [4.69, 9.17) is 38.7 Å². The number of likely N-dealkylation sites (N-methyl/N-ethyl adjacent to an activating group) is 1. The first-order valence-corrected chi connectivity index (χ1v) is 11.0. The first-order chi connectivity index (χ1) is 14.3. The quantitative estimate of drug-likeness (QED) is 0.663. The Labute approximate surface area is 185 Å². The third-order valence-corrected chi connectivity index (χ3v) is 7.03. The van der Waals surface area contributed by atoms with Crippen molar-refractivity contribution < 1.29 is 9.53 Å². The fraction of sp³-hybridized carbons (Fsp3) is 0.391. The predicted octanol–water partition coefficient (Wildman–Crippen LogP) is 5.13. The minimum absolute atomic E-state index is 0.101. The summed E-state index contributed by atoms with van der Waals surface area (Å²) in [5.41, 5.74) is 7.21. The number of nitrogens with two attached hydrogens (primary N) is 1. The molecule has 0 aromatic heterocycles. The van der Waals surface area contributed by atoms with Crippen molar-refractivity contribution in [3.8, 4) is 16.9 Å². The highest BCUT2D eigenvalue weighted by Gasteiger charge is 2.58. The Morgan fingerprint density at radius 3 is 2.37 bits per heavy atom. The van der Waals surface area contributed by atoms with Crippen molar-refractivity contribution >= 4 is 35.1 Å². The van der Waals surface area contributed by atoms with Crippen LogP contribution in [0.5, 0.6) is 5.75 Å². The van der Waals surface area contributed by atoms with Crippen LogP contribution in [0.2, 0.25) is 10.0 Å². The van der Waals surface area contributed by atoms with Crippen molar-refractivity contribution in [2.24, 2.45) is 10.7 Å². The van der Waals surface area contributed by atoms with Gasteiger partial charge in [-0.3, -0.25) is 9.69 Å². The van der Waals surface area contributed by atoms with Gasteiger partial charge in [-0.05, 0) is 67.1 Å². The van der Waals surface area contributed by atoms with Crippen LogP contribution in [0.1, 0.15) is 44.1 Å². The molecule has 156 valence electrons. The smallest absolute Gasteiger partial charge is 0.261 e. The zero-order valence-corrected chi connectivity index (χ0v) is 18.3. The molecule has 5 rings (SSSR count). The Bertz CT molecular complexity index is 1060. The summed E-state index contributed by atoms with van der Waals surface area (Å²) in [6, 6.07) is 11.3. The molecule has 0 radical (unpaired) electrons. The van der Waals surface area contributed by atoms with Crippen LogP contribution in [-0.2, 0) is 10.3 Å². The van der Waals surface area contributed by atoms with Gasteiger partial charge < -0.3 is 10.5 Å². The number of ether oxygens (including phenoxy) is 1. The molecule has 1 amide bonds. The highest BCUT2D eigenvalue weighted by Crippen LogP contribution is 2.53. The molecule has 0 bridgehead atoms. The molecule has 0 unspecified atom stereocenters. The summed E-state index contributed by atoms with van der Waals surface area (Å²) in [5.74, 6) is 0.853. The van der Waals surface area contributed by atoms with Gasteiger partial charge in [0.05, 0.1) is 0 Å². The summed E-state index contributed by atoms with van der Waals surface area (Å²) < 4.78 is 6.57. The van der Waals surface area contributed by atoms with E-state index < -0.39 is 5.54 Å². The van der Waals surface area contributed by atoms with Gasteiger partial charge in [0.15, 0.2) is 11.5 Å². The zero-order valence-electron chi connectivity index (χ0n) is 16.8. The van der Waals surface area contributed by atoms with E-state index in [0.717, 1.165) is 42.4 Å². The number of aliphatic imine (C=N–C) groups is 1. The Morgan fingerprint density at radius 2 is 1.73 bits per heavy atom. The van der Waals surface area contributed by atoms with E-state index in [9.17, 15) is 4.79 Å². The molecule has 1 fully saturated rings. The second-order valence-corrected chi connectivity index (χ2v) is 9.46. The van der Waals surface area contributed by atoms with Crippen LogP contribution in [0, 0.1) is 0 Å². The van der Waals surface area contributed by atoms with Crippen LogP contribution in [-0.4, -0.2) is 29.4 Å². The van der Waals surface area contributed by atoms with Crippen molar-refractivity contribution in [2.45, 2.75) is 49.7 Å². The molecular formula is C23H23Cl2N3O2. The topological polar surface area (TPSA) is 67.9 Å². The van der Waals surface area contributed by atoms with Gasteiger partial charge in [-0.25, -0.2) is 4.99 Å². The van der Waals surface area contributed by atoms with E-state index in [-0.39, 0.29) is 17.5 Å². The second kappa shape index (κ2) is 6.89. The molecule has 1 aliphatic carbocycles. The van der Waals surface area contributed by atoms with E-state index in [1.54, 1.807) is 13.1 Å². The van der Waals surface area contributed by atoms with E-state index in [1.807, 2.05) is 30.3 Å². The van der Waals surface area contributed by atoms with E-state index in [1.165, 1.54) is 11.3 Å². The Kier molecular flexibility index (Phi) is 4.53. The first kappa shape index (κ1) is 19.7. The van der Waals surface area contributed by atoms with Crippen molar-refractivity contribution in [3.05, 3.63) is 52.0 Å². The van der Waals surface area contributed by atoms with Gasteiger partial charge in [0.2, 0.25) is 0 Å². The molecule has 1 atom stereocenters. The molecule has 0 saturated heterocycles. The van der Waals surface area contributed by atoms with E-state index >= 15 is 0 Å². The molecule has 7 heteroatoms. The summed E-state index contributed by atoms with van der Waals surface area (Å²) in [4.78, 5) is 19.7. The monoisotopic (exact) mass is 443 g/mol. The number of carbonyl (C=O) groups excluding carboxylic acids is 1. The van der Waals surface area contributed by atoms with Gasteiger partial charge >= 0.3 is 0 Å². The average molecular weight is 444 g/mol. The lowest BCUT2D eigenvalue weighted by molar-refractivity contribution is -0.135. The van der Waals surface area contributed by atoms with Gasteiger partial charge in [-0.1, -0.05) is 35.7 Å². The maximum Gasteiger partial charge on any atom is 0.261 e. The number of rotatable bonds is 1. The van der Waals surface area contributed by atoms with Crippen LogP contribution in [0.25, 0.3) is 11.1 Å². The van der Waals surface area contributed by atoms with Crippen molar-refractivity contribution in [3.63, 3.8) is 0 Å². The molecule has 2 N–H and O–H groups in total. The van der Waals surface area contributed by atoms with Gasteiger partial charge in [-0.2, -0.15) is 0 Å². The lowest BCUT2D eigenvalue weighted by atomic mass is 9.70. The normalized spacial score (nSPS) is 24.7. The highest BCUT2D eigenvalue weighted by molar-refractivity contribution is 6.35. The Hall–Kier alpha value is -2.24. The third kappa shape index (κ3) is 2.98. The summed E-state index contributed by atoms with van der Waals surface area (Å²) >= 11 is 12.4. The van der Waals surface area contributed by atoms with Crippen LogP contribution in [0.4, 0.5) is 0 Å². The second-order valence-electron chi connectivity index (χ2n) is 8.59. The maximum atomic E-state index is 13.5. The number of hydrogen-bond donors (Lipinski definition) is 1. The summed E-state index contributed by atoms with van der Waals surface area (Å²) in [6.45, 7) is 0. The predicted molar refractivity (Wildman–Crippen MR) is 119 cm³/mol. The van der Waals surface area contributed by atoms with Gasteiger partial charge in [0.1, 0.15) is 11.4 Å². The SMILES string of the molecule is CN1C(=O)[C@@]2(CC3(CCCCC3)Oc3ccc(-c4cc(Cl)cc(Cl)c4)cc32)N=C1N. The molecule has 1 saturated carbocycles. The van der Waals surface area contributed by atoms with Crippen molar-refractivity contribution in [1.82, 2.24) is 4.90 Å². The number of guanidine groups is 1. The number of halogens is 2. The molecule has 2 aromatic rings. The molecule has 30 heavy (non-hydrogen) atoms. The van der Waals surface area contributed by atoms with Crippen molar-refractivity contribution in [2.75, 3.05) is 7.05 Å².